The van der Waals surface area contributed by atoms with Crippen molar-refractivity contribution in [3.8, 4) is 0 Å². The minimum atomic E-state index is -2.28. The summed E-state index contributed by atoms with van der Waals surface area (Å²) in [5.74, 6) is 0.813. The number of benzene rings is 1. The van der Waals surface area contributed by atoms with Crippen LogP contribution in [0.3, 0.4) is 0 Å². The third kappa shape index (κ3) is 6.99. The van der Waals surface area contributed by atoms with Crippen LogP contribution in [0.1, 0.15) is 52.0 Å². The summed E-state index contributed by atoms with van der Waals surface area (Å²) >= 11 is 0. The van der Waals surface area contributed by atoms with E-state index in [0.29, 0.717) is 26.2 Å². The van der Waals surface area contributed by atoms with Gasteiger partial charge in [-0.05, 0) is 65.1 Å². The van der Waals surface area contributed by atoms with Crippen LogP contribution in [0.5, 0.6) is 0 Å². The van der Waals surface area contributed by atoms with Gasteiger partial charge in [0.15, 0.2) is 5.90 Å². The molecule has 2 atom stereocenters. The molecule has 2 amide bonds. The fourth-order valence-electron chi connectivity index (χ4n) is 5.70. The van der Waals surface area contributed by atoms with E-state index in [0.717, 1.165) is 37.1 Å². The summed E-state index contributed by atoms with van der Waals surface area (Å²) < 4.78 is 16.0. The molecule has 3 fully saturated rings. The van der Waals surface area contributed by atoms with Crippen molar-refractivity contribution < 1.29 is 23.6 Å². The van der Waals surface area contributed by atoms with Crippen LogP contribution < -0.4 is 0 Å². The van der Waals surface area contributed by atoms with E-state index in [1.165, 1.54) is 16.0 Å². The predicted octanol–water partition coefficient (Wildman–Crippen LogP) is 4.65. The first kappa shape index (κ1) is 29.3. The highest BCUT2D eigenvalue weighted by Crippen LogP contribution is 2.35. The maximum absolute atomic E-state index is 13.5. The number of hydrogen-bond acceptors (Lipinski definition) is 8. The maximum atomic E-state index is 13.5. The number of amides is 2. The molecule has 1 aromatic heterocycles. The number of aromatic nitrogens is 2. The molecule has 0 bridgehead atoms. The quantitative estimate of drug-likeness (QED) is 0.374. The number of carbonyl (C=O) groups is 2. The van der Waals surface area contributed by atoms with Crippen molar-refractivity contribution in [3.05, 3.63) is 54.6 Å². The van der Waals surface area contributed by atoms with Crippen molar-refractivity contribution in [2.45, 2.75) is 89.9 Å². The lowest BCUT2D eigenvalue weighted by molar-refractivity contribution is -0.162. The molecule has 11 nitrogen and oxygen atoms in total. The van der Waals surface area contributed by atoms with E-state index < -0.39 is 14.1 Å². The smallest absolute Gasteiger partial charge is 0.410 e. The van der Waals surface area contributed by atoms with Crippen LogP contribution >= 0.6 is 0 Å². The fraction of sp³-hybridized carbons (Fsp3) is 0.586. The summed E-state index contributed by atoms with van der Waals surface area (Å²) in [6.07, 6.45) is 7.62. The second-order valence-corrected chi connectivity index (χ2v) is 16.1. The van der Waals surface area contributed by atoms with Crippen molar-refractivity contribution in [3.63, 3.8) is 0 Å². The highest BCUT2D eigenvalue weighted by molar-refractivity contribution is 6.71. The molecule has 0 aliphatic carbocycles. The molecule has 1 aromatic carbocycles. The number of piperidine rings is 2. The number of likely N-dealkylation sites (tertiary alicyclic amines) is 1. The van der Waals surface area contributed by atoms with Gasteiger partial charge in [-0.2, -0.15) is 5.06 Å². The zero-order valence-electron chi connectivity index (χ0n) is 24.7. The molecule has 5 rings (SSSR count). The van der Waals surface area contributed by atoms with Gasteiger partial charge in [-0.3, -0.25) is 19.0 Å². The van der Waals surface area contributed by atoms with Gasteiger partial charge in [0.25, 0.3) is 0 Å². The van der Waals surface area contributed by atoms with Gasteiger partial charge in [-0.25, -0.2) is 14.6 Å². The number of hydrogen-bond donors (Lipinski definition) is 0. The van der Waals surface area contributed by atoms with Crippen LogP contribution in [0.4, 0.5) is 9.59 Å². The van der Waals surface area contributed by atoms with Crippen LogP contribution in [-0.4, -0.2) is 93.9 Å². The molecule has 12 heteroatoms. The predicted molar refractivity (Wildman–Crippen MR) is 156 cm³/mol. The molecule has 4 heterocycles. The molecule has 3 aliphatic heterocycles. The first-order chi connectivity index (χ1) is 19.5. The molecule has 3 aliphatic rings. The third-order valence-electron chi connectivity index (χ3n) is 7.77. The summed E-state index contributed by atoms with van der Waals surface area (Å²) in [7, 11) is -2.28. The summed E-state index contributed by atoms with van der Waals surface area (Å²) in [5.41, 5.74) is 0.492. The number of fused-ring (bicyclic) bond motifs is 1. The molecule has 41 heavy (non-hydrogen) atoms. The van der Waals surface area contributed by atoms with Gasteiger partial charge in [0.05, 0.1) is 18.1 Å². The number of imidazole rings is 1. The molecule has 0 radical (unpaired) electrons. The summed E-state index contributed by atoms with van der Waals surface area (Å²) in [6, 6.07) is 9.67. The fourth-order valence-corrected chi connectivity index (χ4v) is 8.15. The van der Waals surface area contributed by atoms with Crippen molar-refractivity contribution >= 4 is 26.5 Å². The minimum Gasteiger partial charge on any atom is -0.519 e. The Morgan fingerprint density at radius 1 is 1.12 bits per heavy atom. The van der Waals surface area contributed by atoms with Crippen LogP contribution in [0.15, 0.2) is 54.0 Å². The van der Waals surface area contributed by atoms with E-state index in [1.807, 2.05) is 51.1 Å². The van der Waals surface area contributed by atoms with E-state index in [1.54, 1.807) is 17.3 Å². The van der Waals surface area contributed by atoms with Crippen molar-refractivity contribution in [1.82, 2.24) is 24.1 Å². The summed E-state index contributed by atoms with van der Waals surface area (Å²) in [5, 5.41) is 1.52. The maximum Gasteiger partial charge on any atom is 0.410 e. The zero-order valence-corrected chi connectivity index (χ0v) is 25.7. The second kappa shape index (κ2) is 11.9. The molecule has 2 aromatic rings. The third-order valence-corrected chi connectivity index (χ3v) is 10.4. The summed E-state index contributed by atoms with van der Waals surface area (Å²) in [6.45, 7) is 12.2. The van der Waals surface area contributed by atoms with Crippen LogP contribution in [0, 0.1) is 0 Å². The summed E-state index contributed by atoms with van der Waals surface area (Å²) in [4.78, 5) is 43.1. The molecule has 0 N–H and O–H groups in total. The molecule has 0 saturated carbocycles. The standard InChI is InChI=1S/C29H42N6O5Si/c1-29(2,3)39-28(37)32-16-13-23(14-17-32)31-26-25-12-11-24(19-34(25)41(4,5)40-26)35(27(36)33-18-15-30-21-33)38-20-22-9-7-6-8-10-22/h6-10,15,18,21,23-25H,11-14,16-17,19-20H2,1-5H3/b31-26-/t24-,25+/m1/s1. The van der Waals surface area contributed by atoms with Gasteiger partial charge >= 0.3 is 20.6 Å². The Morgan fingerprint density at radius 2 is 1.85 bits per heavy atom. The minimum absolute atomic E-state index is 0.0936. The van der Waals surface area contributed by atoms with Gasteiger partial charge in [-0.15, -0.1) is 0 Å². The number of ether oxygens (including phenoxy) is 1. The van der Waals surface area contributed by atoms with E-state index >= 15 is 0 Å². The first-order valence-corrected chi connectivity index (χ1v) is 17.4. The molecule has 222 valence electrons. The lowest BCUT2D eigenvalue weighted by Gasteiger charge is -2.41. The van der Waals surface area contributed by atoms with E-state index in [-0.39, 0.29) is 30.2 Å². The molecular weight excluding hydrogens is 540 g/mol. The number of nitrogens with zero attached hydrogens (tertiary/aromatic N) is 6. The van der Waals surface area contributed by atoms with Gasteiger partial charge < -0.3 is 14.1 Å². The monoisotopic (exact) mass is 582 g/mol. The first-order valence-electron chi connectivity index (χ1n) is 14.5. The number of rotatable bonds is 5. The van der Waals surface area contributed by atoms with Gasteiger partial charge in [0, 0.05) is 32.0 Å². The second-order valence-electron chi connectivity index (χ2n) is 12.5. The van der Waals surface area contributed by atoms with Gasteiger partial charge in [0.1, 0.15) is 18.5 Å². The van der Waals surface area contributed by atoms with Crippen molar-refractivity contribution in [2.24, 2.45) is 4.99 Å². The Balaban J connectivity index is 1.25. The van der Waals surface area contributed by atoms with Crippen LogP contribution in [-0.2, 0) is 20.6 Å². The molecule has 3 saturated heterocycles. The van der Waals surface area contributed by atoms with E-state index in [4.69, 9.17) is 19.0 Å². The number of aliphatic imine (C=N–C) groups is 1. The van der Waals surface area contributed by atoms with Gasteiger partial charge in [-0.1, -0.05) is 30.3 Å². The SMILES string of the molecule is CC(C)(C)OC(=O)N1CCC(/N=C2\O[Si](C)(C)N3C[C@H](N(OCc4ccccc4)C(=O)n4ccnc4)CC[C@@H]23)CC1. The number of hydroxylamine groups is 2. The average molecular weight is 583 g/mol. The Morgan fingerprint density at radius 3 is 2.51 bits per heavy atom. The Kier molecular flexibility index (Phi) is 8.53. The molecule has 0 unspecified atom stereocenters. The Bertz CT molecular complexity index is 1220. The molecule has 0 spiro atoms. The van der Waals surface area contributed by atoms with Crippen LogP contribution in [0.2, 0.25) is 13.1 Å². The number of carbonyl (C=O) groups excluding carboxylic acids is 2. The van der Waals surface area contributed by atoms with Crippen molar-refractivity contribution in [2.75, 3.05) is 19.6 Å². The van der Waals surface area contributed by atoms with E-state index in [9.17, 15) is 9.59 Å². The lowest BCUT2D eigenvalue weighted by Crippen LogP contribution is -2.59. The normalized spacial score (nSPS) is 24.1. The largest absolute Gasteiger partial charge is 0.519 e. The topological polar surface area (TPSA) is 102 Å². The average Bonchev–Trinajstić information content (AvgIpc) is 3.55. The Labute approximate surface area is 243 Å². The lowest BCUT2D eigenvalue weighted by atomic mass is 9.99. The van der Waals surface area contributed by atoms with E-state index in [2.05, 4.69) is 22.6 Å². The zero-order chi connectivity index (χ0) is 29.2. The molecular formula is C29H42N6O5Si. The van der Waals surface area contributed by atoms with Crippen LogP contribution in [0.25, 0.3) is 0 Å². The highest BCUT2D eigenvalue weighted by atomic mass is 28.4. The van der Waals surface area contributed by atoms with Gasteiger partial charge in [0.2, 0.25) is 0 Å². The van der Waals surface area contributed by atoms with Crippen molar-refractivity contribution in [1.29, 1.82) is 0 Å². The highest BCUT2D eigenvalue weighted by Gasteiger charge is 2.52. The Hall–Kier alpha value is -3.22.